The summed E-state index contributed by atoms with van der Waals surface area (Å²) in [4.78, 5) is 0. The second-order valence-electron chi connectivity index (χ2n) is 3.89. The molecule has 90 valence electrons. The molecule has 1 N–H and O–H groups in total. The van der Waals surface area contributed by atoms with E-state index in [4.69, 9.17) is 23.2 Å². The van der Waals surface area contributed by atoms with Crippen molar-refractivity contribution in [3.63, 3.8) is 0 Å². The molecule has 5 heteroatoms. The van der Waals surface area contributed by atoms with Crippen LogP contribution in [0, 0.1) is 6.92 Å². The number of hydrogen-bond donors (Lipinski definition) is 1. The van der Waals surface area contributed by atoms with E-state index in [9.17, 15) is 5.11 Å². The maximum atomic E-state index is 9.46. The largest absolute Gasteiger partial charge is 0.389 e. The second kappa shape index (κ2) is 4.69. The number of benzene rings is 1. The fraction of sp³-hybridized carbons (Fsp3) is 0.250. The summed E-state index contributed by atoms with van der Waals surface area (Å²) in [5.74, 6) is 0. The van der Waals surface area contributed by atoms with E-state index in [1.54, 1.807) is 23.9 Å². The van der Waals surface area contributed by atoms with Gasteiger partial charge in [-0.05, 0) is 31.5 Å². The fourth-order valence-corrected chi connectivity index (χ4v) is 1.94. The minimum absolute atomic E-state index is 0.530. The topological polar surface area (TPSA) is 38.0 Å². The summed E-state index contributed by atoms with van der Waals surface area (Å²) in [5, 5.41) is 14.8. The lowest BCUT2D eigenvalue weighted by molar-refractivity contribution is 0.199. The van der Waals surface area contributed by atoms with Crippen LogP contribution in [-0.2, 0) is 0 Å². The zero-order chi connectivity index (χ0) is 12.6. The predicted octanol–water partition coefficient (Wildman–Crippen LogP) is 3.54. The Morgan fingerprint density at radius 1 is 1.29 bits per heavy atom. The Balaban J connectivity index is 2.46. The fourth-order valence-electron chi connectivity index (χ4n) is 1.53. The number of rotatable bonds is 2. The van der Waals surface area contributed by atoms with E-state index in [-0.39, 0.29) is 0 Å². The first-order valence-electron chi connectivity index (χ1n) is 5.18. The van der Waals surface area contributed by atoms with E-state index in [1.807, 2.05) is 19.1 Å². The van der Waals surface area contributed by atoms with Gasteiger partial charge in [-0.3, -0.25) is 0 Å². The van der Waals surface area contributed by atoms with Crippen LogP contribution in [0.15, 0.2) is 24.4 Å². The van der Waals surface area contributed by atoms with Crippen molar-refractivity contribution in [1.82, 2.24) is 9.78 Å². The molecule has 0 fully saturated rings. The monoisotopic (exact) mass is 270 g/mol. The quantitative estimate of drug-likeness (QED) is 0.907. The van der Waals surface area contributed by atoms with E-state index in [1.165, 1.54) is 0 Å². The molecule has 0 aliphatic rings. The Bertz CT molecular complexity index is 530. The molecule has 2 aromatic rings. The van der Waals surface area contributed by atoms with Crippen LogP contribution in [0.2, 0.25) is 10.0 Å². The first kappa shape index (κ1) is 12.4. The maximum Gasteiger partial charge on any atom is 0.0832 e. The average molecular weight is 271 g/mol. The van der Waals surface area contributed by atoms with Gasteiger partial charge in [-0.15, -0.1) is 0 Å². The summed E-state index contributed by atoms with van der Waals surface area (Å²) >= 11 is 12.1. The van der Waals surface area contributed by atoms with Gasteiger partial charge in [0.25, 0.3) is 0 Å². The first-order chi connectivity index (χ1) is 7.99. The highest BCUT2D eigenvalue weighted by molar-refractivity contribution is 6.32. The molecule has 0 saturated heterocycles. The van der Waals surface area contributed by atoms with Gasteiger partial charge in [0.2, 0.25) is 0 Å². The Morgan fingerprint density at radius 3 is 2.47 bits per heavy atom. The lowest BCUT2D eigenvalue weighted by Gasteiger charge is -2.08. The molecule has 0 spiro atoms. The molecule has 0 aliphatic carbocycles. The van der Waals surface area contributed by atoms with Crippen LogP contribution in [0.5, 0.6) is 0 Å². The van der Waals surface area contributed by atoms with Crippen molar-refractivity contribution in [3.05, 3.63) is 45.7 Å². The lowest BCUT2D eigenvalue weighted by Crippen LogP contribution is -1.98. The molecule has 0 aliphatic heterocycles. The van der Waals surface area contributed by atoms with E-state index in [0.717, 1.165) is 16.9 Å². The number of hydrogen-bond acceptors (Lipinski definition) is 2. The van der Waals surface area contributed by atoms with E-state index in [2.05, 4.69) is 5.10 Å². The zero-order valence-electron chi connectivity index (χ0n) is 9.48. The summed E-state index contributed by atoms with van der Waals surface area (Å²) in [6, 6.07) is 5.36. The standard InChI is InChI=1S/C12H12Cl2N2O/c1-7-11(14)6-16(15-7)12-4-3-9(8(2)17)5-10(12)13/h3-6,8,17H,1-2H3. The van der Waals surface area contributed by atoms with Gasteiger partial charge in [0.15, 0.2) is 0 Å². The molecule has 0 radical (unpaired) electrons. The van der Waals surface area contributed by atoms with Crippen LogP contribution in [0.25, 0.3) is 5.69 Å². The molecule has 1 unspecified atom stereocenters. The minimum Gasteiger partial charge on any atom is -0.389 e. The smallest absolute Gasteiger partial charge is 0.0832 e. The summed E-state index contributed by atoms with van der Waals surface area (Å²) in [6.45, 7) is 3.52. The van der Waals surface area contributed by atoms with Crippen molar-refractivity contribution in [2.24, 2.45) is 0 Å². The third kappa shape index (κ3) is 2.46. The molecule has 1 atom stereocenters. The minimum atomic E-state index is -0.538. The number of halogens is 2. The Kier molecular flexibility index (Phi) is 3.43. The van der Waals surface area contributed by atoms with Crippen LogP contribution >= 0.6 is 23.2 Å². The molecule has 1 heterocycles. The van der Waals surface area contributed by atoms with Gasteiger partial charge in [0, 0.05) is 6.20 Å². The van der Waals surface area contributed by atoms with Crippen LogP contribution < -0.4 is 0 Å². The number of aryl methyl sites for hydroxylation is 1. The molecule has 2 rings (SSSR count). The molecule has 0 amide bonds. The molecular weight excluding hydrogens is 259 g/mol. The van der Waals surface area contributed by atoms with Crippen molar-refractivity contribution in [1.29, 1.82) is 0 Å². The number of aliphatic hydroxyl groups is 1. The van der Waals surface area contributed by atoms with Gasteiger partial charge >= 0.3 is 0 Å². The normalized spacial score (nSPS) is 12.8. The van der Waals surface area contributed by atoms with Crippen LogP contribution in [0.4, 0.5) is 0 Å². The molecule has 0 bridgehead atoms. The Morgan fingerprint density at radius 2 is 2.00 bits per heavy atom. The number of nitrogens with zero attached hydrogens (tertiary/aromatic N) is 2. The van der Waals surface area contributed by atoms with E-state index < -0.39 is 6.10 Å². The van der Waals surface area contributed by atoms with Crippen molar-refractivity contribution >= 4 is 23.2 Å². The van der Waals surface area contributed by atoms with E-state index >= 15 is 0 Å². The SMILES string of the molecule is Cc1nn(-c2ccc(C(C)O)cc2Cl)cc1Cl. The predicted molar refractivity (Wildman–Crippen MR) is 69.0 cm³/mol. The molecule has 1 aromatic carbocycles. The van der Waals surface area contributed by atoms with Crippen molar-refractivity contribution in [2.75, 3.05) is 0 Å². The average Bonchev–Trinajstić information content (AvgIpc) is 2.58. The molecule has 1 aromatic heterocycles. The van der Waals surface area contributed by atoms with E-state index in [0.29, 0.717) is 10.0 Å². The third-order valence-electron chi connectivity index (χ3n) is 2.54. The Hall–Kier alpha value is -1.03. The van der Waals surface area contributed by atoms with Crippen LogP contribution in [-0.4, -0.2) is 14.9 Å². The van der Waals surface area contributed by atoms with Crippen molar-refractivity contribution in [3.8, 4) is 5.69 Å². The molecular formula is C12H12Cl2N2O. The second-order valence-corrected chi connectivity index (χ2v) is 4.71. The lowest BCUT2D eigenvalue weighted by atomic mass is 10.1. The summed E-state index contributed by atoms with van der Waals surface area (Å²) in [6.07, 6.45) is 1.17. The molecule has 17 heavy (non-hydrogen) atoms. The van der Waals surface area contributed by atoms with Gasteiger partial charge in [0.1, 0.15) is 0 Å². The van der Waals surface area contributed by atoms with Crippen molar-refractivity contribution in [2.45, 2.75) is 20.0 Å². The first-order valence-corrected chi connectivity index (χ1v) is 5.94. The van der Waals surface area contributed by atoms with Crippen LogP contribution in [0.1, 0.15) is 24.3 Å². The summed E-state index contributed by atoms with van der Waals surface area (Å²) < 4.78 is 1.63. The summed E-state index contributed by atoms with van der Waals surface area (Å²) in [7, 11) is 0. The number of aromatic nitrogens is 2. The summed E-state index contributed by atoms with van der Waals surface area (Å²) in [5.41, 5.74) is 2.27. The highest BCUT2D eigenvalue weighted by Crippen LogP contribution is 2.26. The molecule has 3 nitrogen and oxygen atoms in total. The third-order valence-corrected chi connectivity index (χ3v) is 3.21. The van der Waals surface area contributed by atoms with Gasteiger partial charge < -0.3 is 5.11 Å². The highest BCUT2D eigenvalue weighted by Gasteiger charge is 2.09. The van der Waals surface area contributed by atoms with Gasteiger partial charge in [0.05, 0.1) is 27.5 Å². The van der Waals surface area contributed by atoms with Gasteiger partial charge in [-0.2, -0.15) is 5.10 Å². The van der Waals surface area contributed by atoms with Gasteiger partial charge in [-0.25, -0.2) is 4.68 Å². The number of aliphatic hydroxyl groups excluding tert-OH is 1. The van der Waals surface area contributed by atoms with Crippen molar-refractivity contribution < 1.29 is 5.11 Å². The van der Waals surface area contributed by atoms with Crippen LogP contribution in [0.3, 0.4) is 0 Å². The highest BCUT2D eigenvalue weighted by atomic mass is 35.5. The Labute approximate surface area is 110 Å². The molecule has 0 saturated carbocycles. The maximum absolute atomic E-state index is 9.46. The van der Waals surface area contributed by atoms with Gasteiger partial charge in [-0.1, -0.05) is 29.3 Å². The zero-order valence-corrected chi connectivity index (χ0v) is 11.0.